The Hall–Kier alpha value is -2.84. The van der Waals surface area contributed by atoms with Gasteiger partial charge in [0.05, 0.1) is 5.69 Å². The first-order valence-electron chi connectivity index (χ1n) is 12.8. The smallest absolute Gasteiger partial charge is 0.251 e. The van der Waals surface area contributed by atoms with Gasteiger partial charge in [-0.2, -0.15) is 4.31 Å². The summed E-state index contributed by atoms with van der Waals surface area (Å²) in [5, 5.41) is 4.14. The molecule has 2 aromatic carbocycles. The summed E-state index contributed by atoms with van der Waals surface area (Å²) in [6.45, 7) is 3.26. The third-order valence-electron chi connectivity index (χ3n) is 7.21. The summed E-state index contributed by atoms with van der Waals surface area (Å²) in [4.78, 5) is 18.7. The van der Waals surface area contributed by atoms with Gasteiger partial charge in [0.1, 0.15) is 4.90 Å². The van der Waals surface area contributed by atoms with Crippen LogP contribution in [0.4, 0.5) is 5.69 Å². The lowest BCUT2D eigenvalue weighted by Gasteiger charge is -2.33. The number of piperidine rings is 2. The molecule has 2 saturated heterocycles. The first-order valence-corrected chi connectivity index (χ1v) is 14.2. The first-order chi connectivity index (χ1) is 17.0. The molecule has 8 heteroatoms. The highest BCUT2D eigenvalue weighted by molar-refractivity contribution is 7.89. The van der Waals surface area contributed by atoms with Crippen molar-refractivity contribution in [3.05, 3.63) is 59.8 Å². The lowest BCUT2D eigenvalue weighted by molar-refractivity contribution is 0.0954. The summed E-state index contributed by atoms with van der Waals surface area (Å²) >= 11 is 0. The van der Waals surface area contributed by atoms with Crippen LogP contribution in [0, 0.1) is 0 Å². The molecule has 3 heterocycles. The highest BCUT2D eigenvalue weighted by Gasteiger charge is 2.31. The molecule has 1 amide bonds. The van der Waals surface area contributed by atoms with Crippen LogP contribution in [0.3, 0.4) is 0 Å². The van der Waals surface area contributed by atoms with E-state index >= 15 is 0 Å². The number of benzene rings is 2. The van der Waals surface area contributed by atoms with Crippen LogP contribution in [0.25, 0.3) is 10.9 Å². The second kappa shape index (κ2) is 10.4. The molecule has 2 aliphatic rings. The molecular formula is C27H34N4O3S. The third-order valence-corrected chi connectivity index (χ3v) is 9.13. The average Bonchev–Trinajstić information content (AvgIpc) is 3.32. The number of hydrogen-bond acceptors (Lipinski definition) is 4. The number of hydrogen-bond donors (Lipinski definition) is 2. The van der Waals surface area contributed by atoms with Gasteiger partial charge in [0, 0.05) is 55.4 Å². The van der Waals surface area contributed by atoms with Gasteiger partial charge in [-0.25, -0.2) is 8.42 Å². The molecule has 2 aliphatic heterocycles. The molecule has 3 aromatic rings. The van der Waals surface area contributed by atoms with Gasteiger partial charge in [-0.05, 0) is 68.4 Å². The molecule has 5 rings (SSSR count). The fourth-order valence-corrected chi connectivity index (χ4v) is 7.01. The van der Waals surface area contributed by atoms with Crippen LogP contribution in [-0.2, 0) is 16.4 Å². The Morgan fingerprint density at radius 2 is 1.63 bits per heavy atom. The molecule has 2 N–H and O–H groups in total. The number of anilines is 1. The van der Waals surface area contributed by atoms with Crippen molar-refractivity contribution < 1.29 is 13.2 Å². The van der Waals surface area contributed by atoms with E-state index < -0.39 is 10.0 Å². The van der Waals surface area contributed by atoms with Crippen LogP contribution in [0.5, 0.6) is 0 Å². The number of sulfonamides is 1. The Morgan fingerprint density at radius 3 is 2.40 bits per heavy atom. The average molecular weight is 495 g/mol. The fourth-order valence-electron chi connectivity index (χ4n) is 5.25. The molecule has 0 atom stereocenters. The molecule has 0 unspecified atom stereocenters. The van der Waals surface area contributed by atoms with Crippen LogP contribution < -0.4 is 10.2 Å². The van der Waals surface area contributed by atoms with E-state index in [-0.39, 0.29) is 10.8 Å². The molecule has 0 bridgehead atoms. The number of aromatic amines is 1. The Kier molecular flexibility index (Phi) is 7.11. The van der Waals surface area contributed by atoms with Crippen molar-refractivity contribution in [3.63, 3.8) is 0 Å². The third kappa shape index (κ3) is 5.09. The van der Waals surface area contributed by atoms with Crippen molar-refractivity contribution in [2.24, 2.45) is 0 Å². The van der Waals surface area contributed by atoms with E-state index in [0.29, 0.717) is 31.6 Å². The standard InChI is InChI=1S/C27H34N4O3S/c32-27(28-14-13-22-20-29-24-10-4-3-9-23(22)24)21-11-12-25(30-15-5-1-6-16-30)26(19-21)35(33,34)31-17-7-2-8-18-31/h3-4,9-12,19-20,29H,1-2,5-8,13-18H2,(H,28,32). The summed E-state index contributed by atoms with van der Waals surface area (Å²) in [6, 6.07) is 13.3. The van der Waals surface area contributed by atoms with Crippen molar-refractivity contribution in [2.45, 2.75) is 49.8 Å². The normalized spacial score (nSPS) is 17.5. The quantitative estimate of drug-likeness (QED) is 0.513. The number of aromatic nitrogens is 1. The number of rotatable bonds is 7. The first kappa shape index (κ1) is 23.9. The highest BCUT2D eigenvalue weighted by Crippen LogP contribution is 2.32. The maximum Gasteiger partial charge on any atom is 0.251 e. The number of H-pyrrole nitrogens is 1. The molecule has 35 heavy (non-hydrogen) atoms. The van der Waals surface area contributed by atoms with Crippen LogP contribution in [0.15, 0.2) is 53.6 Å². The molecular weight excluding hydrogens is 460 g/mol. The van der Waals surface area contributed by atoms with Crippen LogP contribution in [0.1, 0.15) is 54.4 Å². The molecule has 7 nitrogen and oxygen atoms in total. The maximum absolute atomic E-state index is 13.7. The summed E-state index contributed by atoms with van der Waals surface area (Å²) in [7, 11) is -3.67. The van der Waals surface area contributed by atoms with Gasteiger partial charge >= 0.3 is 0 Å². The Morgan fingerprint density at radius 1 is 0.914 bits per heavy atom. The van der Waals surface area contributed by atoms with Crippen molar-refractivity contribution in [2.75, 3.05) is 37.6 Å². The Labute approximate surface area is 207 Å². The maximum atomic E-state index is 13.7. The van der Waals surface area contributed by atoms with E-state index in [4.69, 9.17) is 0 Å². The number of amides is 1. The minimum Gasteiger partial charge on any atom is -0.370 e. The van der Waals surface area contributed by atoms with E-state index in [1.54, 1.807) is 16.4 Å². The van der Waals surface area contributed by atoms with E-state index in [2.05, 4.69) is 21.3 Å². The zero-order valence-corrected chi connectivity index (χ0v) is 20.9. The SMILES string of the molecule is O=C(NCCc1c[nH]c2ccccc12)c1ccc(N2CCCCC2)c(S(=O)(=O)N2CCCCC2)c1. The van der Waals surface area contributed by atoms with Gasteiger partial charge in [-0.3, -0.25) is 4.79 Å². The zero-order valence-electron chi connectivity index (χ0n) is 20.1. The van der Waals surface area contributed by atoms with Gasteiger partial charge in [0.15, 0.2) is 0 Å². The molecule has 2 fully saturated rings. The van der Waals surface area contributed by atoms with E-state index in [0.717, 1.165) is 67.3 Å². The van der Waals surface area contributed by atoms with Crippen LogP contribution in [-0.4, -0.2) is 56.3 Å². The monoisotopic (exact) mass is 494 g/mol. The van der Waals surface area contributed by atoms with Gasteiger partial charge in [0.2, 0.25) is 10.0 Å². The van der Waals surface area contributed by atoms with Crippen LogP contribution in [0.2, 0.25) is 0 Å². The summed E-state index contributed by atoms with van der Waals surface area (Å²) in [5.74, 6) is -0.245. The van der Waals surface area contributed by atoms with Crippen molar-refractivity contribution in [1.82, 2.24) is 14.6 Å². The number of nitrogens with zero attached hydrogens (tertiary/aromatic N) is 2. The predicted octanol–water partition coefficient (Wildman–Crippen LogP) is 4.31. The number of para-hydroxylation sites is 1. The second-order valence-electron chi connectivity index (χ2n) is 9.56. The number of carbonyl (C=O) groups is 1. The van der Waals surface area contributed by atoms with Gasteiger partial charge in [-0.15, -0.1) is 0 Å². The van der Waals surface area contributed by atoms with Gasteiger partial charge in [0.25, 0.3) is 5.91 Å². The minimum absolute atomic E-state index is 0.245. The lowest BCUT2D eigenvalue weighted by Crippen LogP contribution is -2.38. The number of carbonyl (C=O) groups excluding carboxylic acids is 1. The molecule has 0 saturated carbocycles. The van der Waals surface area contributed by atoms with Gasteiger partial charge in [-0.1, -0.05) is 24.6 Å². The Bertz CT molecular complexity index is 1290. The van der Waals surface area contributed by atoms with Crippen molar-refractivity contribution in [1.29, 1.82) is 0 Å². The summed E-state index contributed by atoms with van der Waals surface area (Å²) < 4.78 is 29.0. The van der Waals surface area contributed by atoms with E-state index in [1.165, 1.54) is 6.42 Å². The minimum atomic E-state index is -3.67. The second-order valence-corrected chi connectivity index (χ2v) is 11.5. The van der Waals surface area contributed by atoms with Crippen molar-refractivity contribution >= 4 is 32.5 Å². The van der Waals surface area contributed by atoms with Crippen molar-refractivity contribution in [3.8, 4) is 0 Å². The highest BCUT2D eigenvalue weighted by atomic mass is 32.2. The molecule has 186 valence electrons. The largest absolute Gasteiger partial charge is 0.370 e. The van der Waals surface area contributed by atoms with E-state index in [1.807, 2.05) is 30.5 Å². The molecule has 0 spiro atoms. The summed E-state index contributed by atoms with van der Waals surface area (Å²) in [5.41, 5.74) is 3.34. The lowest BCUT2D eigenvalue weighted by atomic mass is 10.1. The van der Waals surface area contributed by atoms with Gasteiger partial charge < -0.3 is 15.2 Å². The van der Waals surface area contributed by atoms with Crippen LogP contribution >= 0.6 is 0 Å². The summed E-state index contributed by atoms with van der Waals surface area (Å²) in [6.07, 6.45) is 8.77. The van der Waals surface area contributed by atoms with E-state index in [9.17, 15) is 13.2 Å². The molecule has 0 radical (unpaired) electrons. The predicted molar refractivity (Wildman–Crippen MR) is 139 cm³/mol. The number of fused-ring (bicyclic) bond motifs is 1. The molecule has 0 aliphatic carbocycles. The topological polar surface area (TPSA) is 85.5 Å². The Balaban J connectivity index is 1.36. The zero-order chi connectivity index (χ0) is 24.3. The fraction of sp³-hybridized carbons (Fsp3) is 0.444. The molecule has 1 aromatic heterocycles. The number of nitrogens with one attached hydrogen (secondary N) is 2.